The molecule has 0 atom stereocenters. The number of hydrogen-bond acceptors (Lipinski definition) is 3. The van der Waals surface area contributed by atoms with Gasteiger partial charge in [0.1, 0.15) is 11.6 Å². The second-order valence-electron chi connectivity index (χ2n) is 4.34. The largest absolute Gasteiger partial charge is 0.497 e. The fourth-order valence-electron chi connectivity index (χ4n) is 1.76. The molecular formula is C17H15N3O. The number of rotatable bonds is 4. The van der Waals surface area contributed by atoms with Crippen molar-refractivity contribution in [1.82, 2.24) is 0 Å². The van der Waals surface area contributed by atoms with E-state index in [2.05, 4.69) is 11.4 Å². The van der Waals surface area contributed by atoms with Crippen molar-refractivity contribution < 1.29 is 4.74 Å². The van der Waals surface area contributed by atoms with Crippen molar-refractivity contribution in [2.45, 2.75) is 0 Å². The molecule has 0 unspecified atom stereocenters. The predicted molar refractivity (Wildman–Crippen MR) is 84.5 cm³/mol. The van der Waals surface area contributed by atoms with Crippen LogP contribution in [0.5, 0.6) is 5.75 Å². The van der Waals surface area contributed by atoms with Crippen molar-refractivity contribution in [2.24, 2.45) is 0 Å². The summed E-state index contributed by atoms with van der Waals surface area (Å²) in [5.41, 5.74) is 2.26. The van der Waals surface area contributed by atoms with E-state index in [0.717, 1.165) is 17.0 Å². The SMILES string of the molecule is COc1ccc(/C=C/C(=N)Nc2cccc(C#N)c2)cc1. The van der Waals surface area contributed by atoms with Crippen LogP contribution in [0.1, 0.15) is 11.1 Å². The normalized spacial score (nSPS) is 10.1. The molecule has 0 spiro atoms. The number of hydrogen-bond donors (Lipinski definition) is 2. The highest BCUT2D eigenvalue weighted by atomic mass is 16.5. The number of anilines is 1. The minimum absolute atomic E-state index is 0.251. The van der Waals surface area contributed by atoms with Gasteiger partial charge in [0.15, 0.2) is 0 Å². The Balaban J connectivity index is 2.00. The third kappa shape index (κ3) is 4.22. The summed E-state index contributed by atoms with van der Waals surface area (Å²) in [6, 6.07) is 16.7. The Morgan fingerprint density at radius 1 is 1.24 bits per heavy atom. The van der Waals surface area contributed by atoms with E-state index in [-0.39, 0.29) is 5.84 Å². The second-order valence-corrected chi connectivity index (χ2v) is 4.34. The van der Waals surface area contributed by atoms with Crippen LogP contribution >= 0.6 is 0 Å². The number of nitrogens with one attached hydrogen (secondary N) is 2. The van der Waals surface area contributed by atoms with Gasteiger partial charge in [-0.25, -0.2) is 0 Å². The number of benzene rings is 2. The molecule has 0 aliphatic heterocycles. The predicted octanol–water partition coefficient (Wildman–Crippen LogP) is 3.67. The molecule has 4 heteroatoms. The summed E-state index contributed by atoms with van der Waals surface area (Å²) in [7, 11) is 1.62. The minimum Gasteiger partial charge on any atom is -0.497 e. The molecule has 2 rings (SSSR count). The highest BCUT2D eigenvalue weighted by Crippen LogP contribution is 2.13. The van der Waals surface area contributed by atoms with Crippen LogP contribution in [0.3, 0.4) is 0 Å². The smallest absolute Gasteiger partial charge is 0.122 e. The van der Waals surface area contributed by atoms with Crippen molar-refractivity contribution in [3.8, 4) is 11.8 Å². The first-order chi connectivity index (χ1) is 10.2. The highest BCUT2D eigenvalue weighted by molar-refractivity contribution is 6.04. The molecule has 0 aliphatic carbocycles. The van der Waals surface area contributed by atoms with E-state index in [9.17, 15) is 0 Å². The molecule has 2 aromatic carbocycles. The summed E-state index contributed by atoms with van der Waals surface area (Å²) in [6.45, 7) is 0. The lowest BCUT2D eigenvalue weighted by Crippen LogP contribution is -2.06. The van der Waals surface area contributed by atoms with Gasteiger partial charge in [-0.05, 0) is 42.0 Å². The molecule has 21 heavy (non-hydrogen) atoms. The molecule has 0 aromatic heterocycles. The van der Waals surface area contributed by atoms with Gasteiger partial charge in [-0.2, -0.15) is 5.26 Å². The van der Waals surface area contributed by atoms with Crippen LogP contribution in [0, 0.1) is 16.7 Å². The lowest BCUT2D eigenvalue weighted by atomic mass is 10.2. The van der Waals surface area contributed by atoms with Gasteiger partial charge in [-0.15, -0.1) is 0 Å². The van der Waals surface area contributed by atoms with Gasteiger partial charge in [-0.3, -0.25) is 5.41 Å². The van der Waals surface area contributed by atoms with Crippen LogP contribution in [0.4, 0.5) is 5.69 Å². The lowest BCUT2D eigenvalue weighted by molar-refractivity contribution is 0.415. The molecule has 104 valence electrons. The number of nitrogens with zero attached hydrogens (tertiary/aromatic N) is 1. The Morgan fingerprint density at radius 2 is 2.00 bits per heavy atom. The maximum Gasteiger partial charge on any atom is 0.122 e. The first-order valence-electron chi connectivity index (χ1n) is 6.39. The highest BCUT2D eigenvalue weighted by Gasteiger charge is 1.97. The van der Waals surface area contributed by atoms with Gasteiger partial charge < -0.3 is 10.1 Å². The Morgan fingerprint density at radius 3 is 2.67 bits per heavy atom. The average molecular weight is 277 g/mol. The summed E-state index contributed by atoms with van der Waals surface area (Å²) >= 11 is 0. The quantitative estimate of drug-likeness (QED) is 0.661. The molecule has 0 amide bonds. The number of methoxy groups -OCH3 is 1. The van der Waals surface area contributed by atoms with Crippen LogP contribution in [-0.2, 0) is 0 Å². The van der Waals surface area contributed by atoms with Crippen molar-refractivity contribution >= 4 is 17.6 Å². The summed E-state index contributed by atoms with van der Waals surface area (Å²) in [5.74, 6) is 1.05. The minimum atomic E-state index is 0.251. The molecule has 0 saturated carbocycles. The number of amidine groups is 1. The topological polar surface area (TPSA) is 68.9 Å². The maximum atomic E-state index is 8.84. The monoisotopic (exact) mass is 277 g/mol. The third-order valence-corrected chi connectivity index (χ3v) is 2.83. The van der Waals surface area contributed by atoms with E-state index in [1.807, 2.05) is 36.4 Å². The van der Waals surface area contributed by atoms with E-state index in [4.69, 9.17) is 15.4 Å². The van der Waals surface area contributed by atoms with Gasteiger partial charge in [0.2, 0.25) is 0 Å². The van der Waals surface area contributed by atoms with Gasteiger partial charge in [0.25, 0.3) is 0 Å². The van der Waals surface area contributed by atoms with Crippen LogP contribution in [0.15, 0.2) is 54.6 Å². The third-order valence-electron chi connectivity index (χ3n) is 2.83. The van der Waals surface area contributed by atoms with E-state index in [0.29, 0.717) is 5.56 Å². The molecule has 0 radical (unpaired) electrons. The van der Waals surface area contributed by atoms with E-state index >= 15 is 0 Å². The zero-order valence-electron chi connectivity index (χ0n) is 11.6. The van der Waals surface area contributed by atoms with Crippen molar-refractivity contribution in [2.75, 3.05) is 12.4 Å². The fraction of sp³-hybridized carbons (Fsp3) is 0.0588. The number of ether oxygens (including phenoxy) is 1. The van der Waals surface area contributed by atoms with E-state index < -0.39 is 0 Å². The van der Waals surface area contributed by atoms with Crippen LogP contribution in [0.2, 0.25) is 0 Å². The zero-order chi connectivity index (χ0) is 15.1. The fourth-order valence-corrected chi connectivity index (χ4v) is 1.76. The molecule has 0 aliphatic rings. The van der Waals surface area contributed by atoms with Crippen LogP contribution < -0.4 is 10.1 Å². The summed E-state index contributed by atoms with van der Waals surface area (Å²) in [5, 5.41) is 19.6. The molecule has 2 aromatic rings. The Hall–Kier alpha value is -3.06. The van der Waals surface area contributed by atoms with Gasteiger partial charge >= 0.3 is 0 Å². The van der Waals surface area contributed by atoms with Crippen molar-refractivity contribution in [3.63, 3.8) is 0 Å². The Labute approximate surface area is 123 Å². The van der Waals surface area contributed by atoms with Crippen LogP contribution in [-0.4, -0.2) is 12.9 Å². The zero-order valence-corrected chi connectivity index (χ0v) is 11.6. The molecule has 0 fully saturated rings. The first kappa shape index (κ1) is 14.4. The second kappa shape index (κ2) is 6.92. The molecule has 2 N–H and O–H groups in total. The summed E-state index contributed by atoms with van der Waals surface area (Å²) in [4.78, 5) is 0. The molecule has 4 nitrogen and oxygen atoms in total. The first-order valence-corrected chi connectivity index (χ1v) is 6.39. The van der Waals surface area contributed by atoms with Gasteiger partial charge in [0.05, 0.1) is 18.7 Å². The molecule has 0 heterocycles. The lowest BCUT2D eigenvalue weighted by Gasteiger charge is -2.04. The van der Waals surface area contributed by atoms with E-state index in [1.54, 1.807) is 31.4 Å². The number of nitriles is 1. The molecule has 0 saturated heterocycles. The summed E-state index contributed by atoms with van der Waals surface area (Å²) in [6.07, 6.45) is 3.50. The van der Waals surface area contributed by atoms with Crippen molar-refractivity contribution in [3.05, 3.63) is 65.7 Å². The Bertz CT molecular complexity index is 697. The standard InChI is InChI=1S/C17H15N3O/c1-21-16-8-5-13(6-9-16)7-10-17(19)20-15-4-2-3-14(11-15)12-18/h2-11H,1H3,(H2,19,20)/b10-7+. The molecular weight excluding hydrogens is 262 g/mol. The van der Waals surface area contributed by atoms with Crippen LogP contribution in [0.25, 0.3) is 6.08 Å². The van der Waals surface area contributed by atoms with E-state index in [1.165, 1.54) is 0 Å². The van der Waals surface area contributed by atoms with Gasteiger partial charge in [0, 0.05) is 5.69 Å². The molecule has 0 bridgehead atoms. The van der Waals surface area contributed by atoms with Gasteiger partial charge in [-0.1, -0.05) is 24.3 Å². The maximum absolute atomic E-state index is 8.84. The summed E-state index contributed by atoms with van der Waals surface area (Å²) < 4.78 is 5.09. The van der Waals surface area contributed by atoms with Crippen molar-refractivity contribution in [1.29, 1.82) is 10.7 Å². The average Bonchev–Trinajstić information content (AvgIpc) is 2.53. The Kier molecular flexibility index (Phi) is 4.73.